The maximum atomic E-state index is 13.1. The van der Waals surface area contributed by atoms with Crippen LogP contribution in [-0.4, -0.2) is 25.5 Å². The van der Waals surface area contributed by atoms with Crippen molar-refractivity contribution in [2.45, 2.75) is 38.6 Å². The largest absolute Gasteiger partial charge is 0.493 e. The molecule has 0 fully saturated rings. The van der Waals surface area contributed by atoms with Gasteiger partial charge in [0.15, 0.2) is 5.69 Å². The van der Waals surface area contributed by atoms with Gasteiger partial charge in [-0.15, -0.1) is 21.6 Å². The van der Waals surface area contributed by atoms with E-state index in [9.17, 15) is 14.7 Å². The number of nitrogens with one attached hydrogen (secondary N) is 1. The van der Waals surface area contributed by atoms with E-state index in [1.54, 1.807) is 36.5 Å². The first-order chi connectivity index (χ1) is 14.5. The minimum Gasteiger partial charge on any atom is -0.493 e. The molecular formula is C21H19N5O3S. The van der Waals surface area contributed by atoms with Crippen LogP contribution < -0.4 is 5.56 Å². The molecule has 1 aliphatic carbocycles. The Morgan fingerprint density at radius 3 is 2.97 bits per heavy atom. The Morgan fingerprint density at radius 2 is 2.10 bits per heavy atom. The summed E-state index contributed by atoms with van der Waals surface area (Å²) in [5.41, 5.74) is 1.75. The molecule has 0 radical (unpaired) electrons. The molecule has 3 aromatic heterocycles. The average Bonchev–Trinajstić information content (AvgIpc) is 3.29. The zero-order valence-electron chi connectivity index (χ0n) is 16.3. The van der Waals surface area contributed by atoms with E-state index in [-0.39, 0.29) is 17.1 Å². The number of hydrogen-bond donors (Lipinski definition) is 2. The number of aryl methyl sites for hydroxylation is 2. The number of carbonyl (C=O) groups excluding carboxylic acids is 1. The van der Waals surface area contributed by atoms with E-state index in [0.29, 0.717) is 16.3 Å². The summed E-state index contributed by atoms with van der Waals surface area (Å²) in [5.74, 6) is -0.752. The van der Waals surface area contributed by atoms with Crippen LogP contribution in [0.5, 0.6) is 5.88 Å². The summed E-state index contributed by atoms with van der Waals surface area (Å²) in [5, 5.41) is 19.1. The SMILES string of the molecule is C[C@H](C(=O)N=Nc1c(O)[nH]c2ccccc12)n1cnc2sc3c(c2c1=O)CCCC3. The predicted octanol–water partition coefficient (Wildman–Crippen LogP) is 4.40. The summed E-state index contributed by atoms with van der Waals surface area (Å²) in [4.78, 5) is 35.0. The summed E-state index contributed by atoms with van der Waals surface area (Å²) < 4.78 is 1.32. The van der Waals surface area contributed by atoms with E-state index in [1.165, 1.54) is 15.8 Å². The van der Waals surface area contributed by atoms with Gasteiger partial charge in [-0.1, -0.05) is 18.2 Å². The lowest BCUT2D eigenvalue weighted by molar-refractivity contribution is -0.121. The van der Waals surface area contributed by atoms with Crippen LogP contribution in [0.4, 0.5) is 5.69 Å². The minimum absolute atomic E-state index is 0.162. The number of rotatable bonds is 3. The fraction of sp³-hybridized carbons (Fsp3) is 0.286. The summed E-state index contributed by atoms with van der Waals surface area (Å²) in [6.45, 7) is 1.60. The van der Waals surface area contributed by atoms with Crippen LogP contribution in [0.15, 0.2) is 45.6 Å². The number of aromatic nitrogens is 3. The Hall–Kier alpha value is -3.33. The molecule has 0 unspecified atom stereocenters. The second-order valence-corrected chi connectivity index (χ2v) is 8.51. The second kappa shape index (κ2) is 7.17. The molecule has 1 amide bonds. The maximum Gasteiger partial charge on any atom is 0.287 e. The first-order valence-electron chi connectivity index (χ1n) is 9.81. The number of azo groups is 1. The van der Waals surface area contributed by atoms with Crippen LogP contribution in [0.25, 0.3) is 21.1 Å². The van der Waals surface area contributed by atoms with Crippen LogP contribution in [0, 0.1) is 0 Å². The summed E-state index contributed by atoms with van der Waals surface area (Å²) in [6.07, 6.45) is 5.45. The monoisotopic (exact) mass is 421 g/mol. The molecule has 0 saturated heterocycles. The quantitative estimate of drug-likeness (QED) is 0.478. The first-order valence-corrected chi connectivity index (χ1v) is 10.6. The van der Waals surface area contributed by atoms with E-state index in [1.807, 2.05) is 6.07 Å². The van der Waals surface area contributed by atoms with Gasteiger partial charge in [-0.3, -0.25) is 14.2 Å². The standard InChI is InChI=1S/C21H19N5O3S/c1-11(18(27)25-24-17-12-6-2-4-8-14(12)23-19(17)28)26-10-22-20-16(21(26)29)13-7-3-5-9-15(13)30-20/h2,4,6,8,10-11,23,28H,3,5,7,9H2,1H3/t11-/m1/s1. The van der Waals surface area contributed by atoms with Crippen molar-refractivity contribution in [2.24, 2.45) is 10.2 Å². The fourth-order valence-corrected chi connectivity index (χ4v) is 5.17. The van der Waals surface area contributed by atoms with E-state index in [0.717, 1.165) is 36.1 Å². The molecule has 2 N–H and O–H groups in total. The number of fused-ring (bicyclic) bond motifs is 4. The molecule has 30 heavy (non-hydrogen) atoms. The molecule has 3 heterocycles. The summed E-state index contributed by atoms with van der Waals surface area (Å²) in [7, 11) is 0. The number of aromatic hydroxyl groups is 1. The number of thiophene rings is 1. The number of para-hydroxylation sites is 1. The van der Waals surface area contributed by atoms with Crippen molar-refractivity contribution in [3.63, 3.8) is 0 Å². The highest BCUT2D eigenvalue weighted by atomic mass is 32.1. The van der Waals surface area contributed by atoms with Gasteiger partial charge in [-0.2, -0.15) is 0 Å². The lowest BCUT2D eigenvalue weighted by Crippen LogP contribution is -2.27. The molecule has 8 nitrogen and oxygen atoms in total. The Labute approximate surface area is 174 Å². The molecule has 152 valence electrons. The molecular weight excluding hydrogens is 402 g/mol. The smallest absolute Gasteiger partial charge is 0.287 e. The molecule has 4 aromatic rings. The Balaban J connectivity index is 1.49. The van der Waals surface area contributed by atoms with Gasteiger partial charge in [0.2, 0.25) is 5.88 Å². The van der Waals surface area contributed by atoms with Crippen molar-refractivity contribution >= 4 is 44.1 Å². The number of nitrogens with zero attached hydrogens (tertiary/aromatic N) is 4. The zero-order chi connectivity index (χ0) is 20.8. The van der Waals surface area contributed by atoms with Gasteiger partial charge >= 0.3 is 0 Å². The fourth-order valence-electron chi connectivity index (χ4n) is 3.95. The topological polar surface area (TPSA) is 113 Å². The van der Waals surface area contributed by atoms with Crippen molar-refractivity contribution in [2.75, 3.05) is 0 Å². The highest BCUT2D eigenvalue weighted by molar-refractivity contribution is 7.18. The average molecular weight is 421 g/mol. The number of carbonyl (C=O) groups is 1. The van der Waals surface area contributed by atoms with Crippen LogP contribution in [0.3, 0.4) is 0 Å². The predicted molar refractivity (Wildman–Crippen MR) is 115 cm³/mol. The molecule has 1 atom stereocenters. The van der Waals surface area contributed by atoms with E-state index >= 15 is 0 Å². The molecule has 0 saturated carbocycles. The number of H-pyrrole nitrogens is 1. The number of aromatic amines is 1. The van der Waals surface area contributed by atoms with Gasteiger partial charge < -0.3 is 10.1 Å². The normalized spacial score (nSPS) is 15.1. The van der Waals surface area contributed by atoms with E-state index in [2.05, 4.69) is 20.2 Å². The number of hydrogen-bond acceptors (Lipinski definition) is 6. The Morgan fingerprint density at radius 1 is 1.30 bits per heavy atom. The van der Waals surface area contributed by atoms with Crippen LogP contribution >= 0.6 is 11.3 Å². The highest BCUT2D eigenvalue weighted by Crippen LogP contribution is 2.36. The van der Waals surface area contributed by atoms with Crippen LogP contribution in [-0.2, 0) is 17.6 Å². The summed E-state index contributed by atoms with van der Waals surface area (Å²) >= 11 is 1.57. The van der Waals surface area contributed by atoms with Crippen LogP contribution in [0.1, 0.15) is 36.2 Å². The lowest BCUT2D eigenvalue weighted by atomic mass is 9.97. The maximum absolute atomic E-state index is 13.1. The number of amides is 1. The van der Waals surface area contributed by atoms with Crippen LogP contribution in [0.2, 0.25) is 0 Å². The van der Waals surface area contributed by atoms with Gasteiger partial charge in [0.25, 0.3) is 11.5 Å². The second-order valence-electron chi connectivity index (χ2n) is 7.43. The molecule has 5 rings (SSSR count). The highest BCUT2D eigenvalue weighted by Gasteiger charge is 2.23. The van der Waals surface area contributed by atoms with Crippen molar-refractivity contribution in [1.82, 2.24) is 14.5 Å². The third-order valence-corrected chi connectivity index (χ3v) is 6.78. The van der Waals surface area contributed by atoms with Gasteiger partial charge in [-0.05, 0) is 44.2 Å². The van der Waals surface area contributed by atoms with Gasteiger partial charge in [-0.25, -0.2) is 4.98 Å². The van der Waals surface area contributed by atoms with Crippen molar-refractivity contribution in [1.29, 1.82) is 0 Å². The molecule has 0 spiro atoms. The van der Waals surface area contributed by atoms with Crippen molar-refractivity contribution < 1.29 is 9.90 Å². The molecule has 1 aromatic carbocycles. The van der Waals surface area contributed by atoms with Crippen molar-refractivity contribution in [3.8, 4) is 5.88 Å². The zero-order valence-corrected chi connectivity index (χ0v) is 17.1. The van der Waals surface area contributed by atoms with Gasteiger partial charge in [0, 0.05) is 10.3 Å². The van der Waals surface area contributed by atoms with Gasteiger partial charge in [0.05, 0.1) is 17.2 Å². The number of benzene rings is 1. The third-order valence-electron chi connectivity index (χ3n) is 5.58. The molecule has 0 bridgehead atoms. The molecule has 0 aliphatic heterocycles. The Bertz CT molecular complexity index is 1380. The van der Waals surface area contributed by atoms with E-state index in [4.69, 9.17) is 0 Å². The third kappa shape index (κ3) is 2.93. The molecule has 9 heteroatoms. The van der Waals surface area contributed by atoms with Gasteiger partial charge in [0.1, 0.15) is 10.9 Å². The van der Waals surface area contributed by atoms with E-state index < -0.39 is 11.9 Å². The molecule has 1 aliphatic rings. The lowest BCUT2D eigenvalue weighted by Gasteiger charge is -2.12. The summed E-state index contributed by atoms with van der Waals surface area (Å²) in [6, 6.07) is 6.34. The van der Waals surface area contributed by atoms with Crippen molar-refractivity contribution in [3.05, 3.63) is 51.4 Å². The minimum atomic E-state index is -0.857. The Kier molecular flexibility index (Phi) is 4.47. The first kappa shape index (κ1) is 18.7.